The van der Waals surface area contributed by atoms with E-state index in [0.29, 0.717) is 80.9 Å². The number of anilines is 8. The van der Waals surface area contributed by atoms with Crippen LogP contribution in [0.25, 0.3) is 85.4 Å². The summed E-state index contributed by atoms with van der Waals surface area (Å²) in [6.45, 7) is 25.7. The molecule has 6 fully saturated rings. The van der Waals surface area contributed by atoms with Crippen molar-refractivity contribution in [3.63, 3.8) is 0 Å². The molecule has 149 heavy (non-hydrogen) atoms. The molecule has 22 rings (SSSR count). The number of likely N-dealkylation sites (tertiary alicyclic amines) is 1. The Hall–Kier alpha value is -14.2. The Kier molecular flexibility index (Phi) is 33.3. The minimum Gasteiger partial charge on any atom is -0.397 e. The van der Waals surface area contributed by atoms with Gasteiger partial charge in [-0.25, -0.2) is 19.9 Å². The maximum Gasteiger partial charge on any atom is 0.263 e. The third kappa shape index (κ3) is 24.7. The highest BCUT2D eigenvalue weighted by Crippen LogP contribution is 2.43. The average molecular weight is 2070 g/mol. The number of rotatable bonds is 26. The van der Waals surface area contributed by atoms with Crippen molar-refractivity contribution in [3.8, 4) is 44.5 Å². The second-order valence-electron chi connectivity index (χ2n) is 39.8. The van der Waals surface area contributed by atoms with Gasteiger partial charge in [0.1, 0.15) is 38.8 Å². The number of carbonyl (C=O) groups excluding carboxylic acids is 5. The normalized spacial score (nSPS) is 15.0. The number of hydrogen-bond donors (Lipinski definition) is 10. The molecule has 0 radical (unpaired) electrons. The first kappa shape index (κ1) is 103. The number of aromatic nitrogens is 9. The SMILES string of the molecule is Cc1cc(-c2cc(CCNC(=O)c3sc4nc(C)ccc4c3N)ccc2N2CCCCC2)ccn1.Cc1ccc2c(N)c(C(=O)NCCc3ccc(N4CCCCC4)c(-c4cnn(C)c4)c3)sc2n1.Cc1ccc2c(N)c(C(=O)NCCc3ccc(N4CCNCC4)c(-c4ccc(C(=O)N5CCCC5)cc4)c3)sc2n1.Cc1ccc2c(N)c(C(=O)NCCc3ccc(N4CCNCC4)c(-c4cnn(C5CCCCC5)c4)c3)sc2n1. The third-order valence-electron chi connectivity index (χ3n) is 29.0. The number of pyridine rings is 5. The van der Waals surface area contributed by atoms with Gasteiger partial charge < -0.3 is 79.3 Å². The van der Waals surface area contributed by atoms with E-state index < -0.39 is 0 Å². The van der Waals surface area contributed by atoms with Crippen molar-refractivity contribution in [2.45, 2.75) is 150 Å². The summed E-state index contributed by atoms with van der Waals surface area (Å²) in [4.78, 5) is 104. The lowest BCUT2D eigenvalue weighted by Gasteiger charge is -2.31. The van der Waals surface area contributed by atoms with Crippen LogP contribution in [0.15, 0.2) is 189 Å². The van der Waals surface area contributed by atoms with Crippen LogP contribution in [-0.4, -0.2) is 197 Å². The highest BCUT2D eigenvalue weighted by molar-refractivity contribution is 7.22. The Morgan fingerprint density at radius 3 is 1.05 bits per heavy atom. The fourth-order valence-electron chi connectivity index (χ4n) is 20.9. The van der Waals surface area contributed by atoms with Gasteiger partial charge in [-0.3, -0.25) is 38.3 Å². The number of piperazine rings is 2. The molecule has 14 N–H and O–H groups in total. The van der Waals surface area contributed by atoms with E-state index in [9.17, 15) is 24.0 Å². The lowest BCUT2D eigenvalue weighted by atomic mass is 9.95. The number of hydrogen-bond acceptors (Lipinski definition) is 26. The van der Waals surface area contributed by atoms with Crippen LogP contribution in [0.3, 0.4) is 0 Å². The zero-order valence-corrected chi connectivity index (χ0v) is 89.2. The molecule has 11 aromatic heterocycles. The number of nitrogens with zero attached hydrogens (tertiary/aromatic N) is 14. The van der Waals surface area contributed by atoms with E-state index in [2.05, 4.69) is 196 Å². The van der Waals surface area contributed by atoms with Crippen LogP contribution in [0.1, 0.15) is 189 Å². The van der Waals surface area contributed by atoms with Gasteiger partial charge in [-0.15, -0.1) is 45.3 Å². The van der Waals surface area contributed by atoms with E-state index in [4.69, 9.17) is 28.0 Å². The van der Waals surface area contributed by atoms with Crippen LogP contribution in [0.4, 0.5) is 45.5 Å². The highest BCUT2D eigenvalue weighted by Gasteiger charge is 2.29. The molecule has 5 aliphatic heterocycles. The van der Waals surface area contributed by atoms with Crippen LogP contribution < -0.4 is 74.4 Å². The Labute approximate surface area is 886 Å². The number of carbonyl (C=O) groups is 5. The van der Waals surface area contributed by atoms with Crippen LogP contribution >= 0.6 is 45.3 Å². The summed E-state index contributed by atoms with van der Waals surface area (Å²) in [7, 11) is 1.94. The van der Waals surface area contributed by atoms with Crippen molar-refractivity contribution in [1.29, 1.82) is 0 Å². The summed E-state index contributed by atoms with van der Waals surface area (Å²) in [6.07, 6.45) is 29.1. The summed E-state index contributed by atoms with van der Waals surface area (Å²) >= 11 is 5.39. The maximum atomic E-state index is 13.0. The van der Waals surface area contributed by atoms with E-state index in [0.717, 1.165) is 221 Å². The molecule has 16 aromatic rings. The molecule has 1 aliphatic carbocycles. The molecule has 5 saturated heterocycles. The summed E-state index contributed by atoms with van der Waals surface area (Å²) in [5.41, 5.74) is 51.6. The number of amides is 5. The number of thiophene rings is 4. The number of fused-ring (bicyclic) bond motifs is 4. The van der Waals surface area contributed by atoms with E-state index in [-0.39, 0.29) is 29.5 Å². The smallest absolute Gasteiger partial charge is 0.263 e. The van der Waals surface area contributed by atoms with Gasteiger partial charge in [0, 0.05) is 255 Å². The van der Waals surface area contributed by atoms with Gasteiger partial charge >= 0.3 is 0 Å². The Bertz CT molecular complexity index is 7490. The molecule has 0 bridgehead atoms. The molecule has 0 unspecified atom stereocenters. The quantitative estimate of drug-likeness (QED) is 0.0241. The molecule has 5 amide bonds. The fourth-order valence-corrected chi connectivity index (χ4v) is 25.1. The van der Waals surface area contributed by atoms with Crippen LogP contribution in [0.5, 0.6) is 0 Å². The van der Waals surface area contributed by atoms with Crippen molar-refractivity contribution >= 4 is 161 Å². The predicted molar refractivity (Wildman–Crippen MR) is 611 cm³/mol. The maximum absolute atomic E-state index is 13.0. The van der Waals surface area contributed by atoms with E-state index in [1.165, 1.54) is 183 Å². The molecule has 0 atom stereocenters. The minimum atomic E-state index is -0.168. The van der Waals surface area contributed by atoms with Gasteiger partial charge in [-0.2, -0.15) is 10.2 Å². The Morgan fingerprint density at radius 2 is 0.685 bits per heavy atom. The largest absolute Gasteiger partial charge is 0.397 e. The zero-order chi connectivity index (χ0) is 103. The fraction of sp³-hybridized carbons (Fsp3) is 0.362. The first-order valence-electron chi connectivity index (χ1n) is 52.6. The monoisotopic (exact) mass is 2070 g/mol. The van der Waals surface area contributed by atoms with Gasteiger partial charge in [0.2, 0.25) is 0 Å². The molecule has 29 nitrogen and oxygen atoms in total. The topological polar surface area (TPSA) is 378 Å². The number of nitrogens with one attached hydrogen (secondary N) is 6. The number of piperidine rings is 2. The van der Waals surface area contributed by atoms with Crippen LogP contribution in [0, 0.1) is 34.6 Å². The van der Waals surface area contributed by atoms with Gasteiger partial charge in [0.15, 0.2) is 0 Å². The lowest BCUT2D eigenvalue weighted by molar-refractivity contribution is 0.0791. The summed E-state index contributed by atoms with van der Waals surface area (Å²) in [5, 5.41) is 31.7. The Balaban J connectivity index is 0.000000125. The third-order valence-corrected chi connectivity index (χ3v) is 33.5. The van der Waals surface area contributed by atoms with Crippen LogP contribution in [0.2, 0.25) is 0 Å². The van der Waals surface area contributed by atoms with Gasteiger partial charge in [-0.05, 0) is 279 Å². The van der Waals surface area contributed by atoms with E-state index in [1.807, 2.05) is 131 Å². The lowest BCUT2D eigenvalue weighted by Crippen LogP contribution is -2.43. The molecule has 16 heterocycles. The summed E-state index contributed by atoms with van der Waals surface area (Å²) < 4.78 is 4.03. The van der Waals surface area contributed by atoms with Gasteiger partial charge in [-0.1, -0.05) is 55.7 Å². The van der Waals surface area contributed by atoms with Crippen molar-refractivity contribution < 1.29 is 24.0 Å². The molecule has 6 aliphatic rings. The minimum absolute atomic E-state index is 0.117. The standard InChI is InChI=1S/C32H36N6O2S.C30H37N7OS.C28H31N5OS.C26H30N6OS/c1-21-4-10-25-28(33)29(41-31(25)36-21)30(39)35-13-12-22-5-11-27(37-18-14-34-15-19-37)26(20-22)23-6-8-24(9-7-23)32(40)38-16-2-3-17-38;1-20-7-9-24-27(31)28(39-30(24)35-20)29(38)33-12-11-21-8-10-26(36-15-13-32-14-16-36)25(17-21)22-18-34-37(19-22)23-5-3-2-4-6-23;1-18-6-8-22-25(29)26(35-28(22)32-18)27(34)31-12-10-20-7-9-24(33-14-4-3-5-15-33)23(17-20)21-11-13-30-19(2)16-21;1-17-6-8-20-23(27)24(34-26(20)30-17)25(33)28-11-10-18-7-9-22(32-12-4-3-5-13-32)21(14-18)19-15-29-31(2)16-19/h4-11,20,34H,2-3,12-19,33H2,1H3,(H,35,39);7-10,17-19,23,32H,2-6,11-16,31H2,1H3,(H,33,38);6-9,11,13,16-17H,3-5,10,12,14-15,29H2,1-2H3,(H,31,34);6-9,14-16H,3-5,10-13,27H2,1-2H3,(H,28,33). The molecular weight excluding hydrogens is 1940 g/mol. The van der Waals surface area contributed by atoms with Crippen molar-refractivity contribution in [3.05, 3.63) is 265 Å². The van der Waals surface area contributed by atoms with Crippen LogP contribution in [-0.2, 0) is 32.7 Å². The van der Waals surface area contributed by atoms with Gasteiger partial charge in [0.05, 0.1) is 41.2 Å². The van der Waals surface area contributed by atoms with E-state index >= 15 is 0 Å². The van der Waals surface area contributed by atoms with Gasteiger partial charge in [0.25, 0.3) is 29.5 Å². The molecular formula is C116H134N24O5S4. The first-order chi connectivity index (χ1) is 72.5. The molecule has 0 spiro atoms. The second kappa shape index (κ2) is 48.0. The van der Waals surface area contributed by atoms with Crippen molar-refractivity contribution in [2.24, 2.45) is 7.05 Å². The van der Waals surface area contributed by atoms with Crippen molar-refractivity contribution in [1.82, 2.24) is 81.3 Å². The Morgan fingerprint density at radius 1 is 0.349 bits per heavy atom. The number of nitrogens with two attached hydrogens (primary N) is 4. The molecule has 1 saturated carbocycles. The first-order valence-corrected chi connectivity index (χ1v) is 55.8. The summed E-state index contributed by atoms with van der Waals surface area (Å²) in [5.74, 6) is -0.474. The second-order valence-corrected chi connectivity index (χ2v) is 43.8. The van der Waals surface area contributed by atoms with E-state index in [1.54, 1.807) is 0 Å². The number of benzene rings is 5. The number of aryl methyl sites for hydroxylation is 6. The molecule has 772 valence electrons. The summed E-state index contributed by atoms with van der Waals surface area (Å²) in [6, 6.07) is 54.8. The zero-order valence-electron chi connectivity index (χ0n) is 86.0. The highest BCUT2D eigenvalue weighted by atomic mass is 32.1. The van der Waals surface area contributed by atoms with Crippen molar-refractivity contribution in [2.75, 3.05) is 160 Å². The number of nitrogen functional groups attached to an aromatic ring is 4. The molecule has 33 heteroatoms. The average Bonchev–Trinajstić information content (AvgIpc) is 1.57. The predicted octanol–water partition coefficient (Wildman–Crippen LogP) is 19.5. The molecule has 5 aromatic carbocycles.